The summed E-state index contributed by atoms with van der Waals surface area (Å²) in [4.78, 5) is 18.9. The maximum absolute atomic E-state index is 12.6. The molecule has 0 saturated heterocycles. The number of carbonyl (C=O) groups excluding carboxylic acids is 1. The Kier molecular flexibility index (Phi) is 5.62. The summed E-state index contributed by atoms with van der Waals surface area (Å²) in [6.45, 7) is 3.40. The van der Waals surface area contributed by atoms with E-state index in [1.54, 1.807) is 6.26 Å². The molecule has 1 aromatic heterocycles. The van der Waals surface area contributed by atoms with Crippen molar-refractivity contribution in [2.45, 2.75) is 19.8 Å². The van der Waals surface area contributed by atoms with Crippen LogP contribution in [0, 0.1) is 0 Å². The Bertz CT molecular complexity index is 797. The molecule has 0 aliphatic rings. The first kappa shape index (κ1) is 17.0. The number of likely N-dealkylation sites (N-methyl/N-ethyl adjacent to an activating group) is 1. The molecule has 128 valence electrons. The van der Waals surface area contributed by atoms with Crippen molar-refractivity contribution in [3.8, 4) is 11.5 Å². The van der Waals surface area contributed by atoms with Gasteiger partial charge in [-0.15, -0.1) is 0 Å². The van der Waals surface area contributed by atoms with Crippen LogP contribution in [0.1, 0.15) is 18.2 Å². The summed E-state index contributed by atoms with van der Waals surface area (Å²) < 4.78 is 5.51. The Balaban J connectivity index is 1.59. The second-order valence-electron chi connectivity index (χ2n) is 5.90. The predicted molar refractivity (Wildman–Crippen MR) is 98.0 cm³/mol. The normalized spacial score (nSPS) is 10.6. The molecule has 1 amide bonds. The number of hydrogen-bond donors (Lipinski definition) is 0. The summed E-state index contributed by atoms with van der Waals surface area (Å²) in [7, 11) is 0. The topological polar surface area (TPSA) is 46.3 Å². The fourth-order valence-corrected chi connectivity index (χ4v) is 2.74. The standard InChI is InChI=1S/C21H22N2O2/c1-2-23(14-13-17-9-5-3-6-10-17)20(24)15-19-16-25-21(22-19)18-11-7-4-8-12-18/h3-12,16H,2,13-15H2,1H3. The highest BCUT2D eigenvalue weighted by molar-refractivity contribution is 5.78. The number of hydrogen-bond acceptors (Lipinski definition) is 3. The zero-order valence-corrected chi connectivity index (χ0v) is 14.4. The lowest BCUT2D eigenvalue weighted by molar-refractivity contribution is -0.130. The van der Waals surface area contributed by atoms with Gasteiger partial charge in [0.25, 0.3) is 0 Å². The van der Waals surface area contributed by atoms with Gasteiger partial charge in [-0.25, -0.2) is 4.98 Å². The summed E-state index contributed by atoms with van der Waals surface area (Å²) in [5.41, 5.74) is 2.82. The quantitative estimate of drug-likeness (QED) is 0.657. The molecule has 0 aliphatic heterocycles. The number of aromatic nitrogens is 1. The van der Waals surface area contributed by atoms with Crippen LogP contribution in [-0.4, -0.2) is 28.9 Å². The number of oxazole rings is 1. The van der Waals surface area contributed by atoms with Crippen LogP contribution in [0.5, 0.6) is 0 Å². The highest BCUT2D eigenvalue weighted by Gasteiger charge is 2.15. The fourth-order valence-electron chi connectivity index (χ4n) is 2.74. The van der Waals surface area contributed by atoms with Gasteiger partial charge in [-0.3, -0.25) is 4.79 Å². The van der Waals surface area contributed by atoms with Gasteiger partial charge in [0.15, 0.2) is 0 Å². The smallest absolute Gasteiger partial charge is 0.228 e. The minimum absolute atomic E-state index is 0.0753. The van der Waals surface area contributed by atoms with Crippen molar-refractivity contribution < 1.29 is 9.21 Å². The van der Waals surface area contributed by atoms with E-state index in [1.165, 1.54) is 5.56 Å². The van der Waals surface area contributed by atoms with Crippen molar-refractivity contribution in [2.24, 2.45) is 0 Å². The molecule has 3 rings (SSSR count). The monoisotopic (exact) mass is 334 g/mol. The molecule has 0 spiro atoms. The first-order valence-corrected chi connectivity index (χ1v) is 8.58. The van der Waals surface area contributed by atoms with Gasteiger partial charge in [0.1, 0.15) is 6.26 Å². The highest BCUT2D eigenvalue weighted by atomic mass is 16.3. The lowest BCUT2D eigenvalue weighted by Gasteiger charge is -2.20. The van der Waals surface area contributed by atoms with Crippen molar-refractivity contribution in [2.75, 3.05) is 13.1 Å². The third kappa shape index (κ3) is 4.57. The van der Waals surface area contributed by atoms with Crippen molar-refractivity contribution in [1.82, 2.24) is 9.88 Å². The molecule has 0 saturated carbocycles. The summed E-state index contributed by atoms with van der Waals surface area (Å²) in [6.07, 6.45) is 2.69. The zero-order chi connectivity index (χ0) is 17.5. The molecule has 0 aliphatic carbocycles. The van der Waals surface area contributed by atoms with E-state index in [2.05, 4.69) is 17.1 Å². The summed E-state index contributed by atoms with van der Waals surface area (Å²) in [6, 6.07) is 19.9. The van der Waals surface area contributed by atoms with Crippen LogP contribution in [0.4, 0.5) is 0 Å². The lowest BCUT2D eigenvalue weighted by Crippen LogP contribution is -2.34. The van der Waals surface area contributed by atoms with E-state index in [4.69, 9.17) is 4.42 Å². The number of nitrogens with zero attached hydrogens (tertiary/aromatic N) is 2. The molecule has 2 aromatic carbocycles. The largest absolute Gasteiger partial charge is 0.444 e. The molecule has 4 nitrogen and oxygen atoms in total. The summed E-state index contributed by atoms with van der Waals surface area (Å²) in [5.74, 6) is 0.627. The molecule has 0 atom stereocenters. The predicted octanol–water partition coefficient (Wildman–Crippen LogP) is 3.98. The molecule has 0 fully saturated rings. The van der Waals surface area contributed by atoms with E-state index in [0.717, 1.165) is 12.0 Å². The Labute approximate surface area is 148 Å². The van der Waals surface area contributed by atoms with E-state index in [0.29, 0.717) is 24.7 Å². The maximum Gasteiger partial charge on any atom is 0.228 e. The van der Waals surface area contributed by atoms with Gasteiger partial charge >= 0.3 is 0 Å². The van der Waals surface area contributed by atoms with Crippen molar-refractivity contribution >= 4 is 5.91 Å². The molecule has 0 N–H and O–H groups in total. The molecule has 0 radical (unpaired) electrons. The number of rotatable bonds is 7. The number of carbonyl (C=O) groups is 1. The van der Waals surface area contributed by atoms with Gasteiger partial charge in [0.2, 0.25) is 11.8 Å². The molecular formula is C21H22N2O2. The van der Waals surface area contributed by atoms with Crippen LogP contribution in [0.25, 0.3) is 11.5 Å². The van der Waals surface area contributed by atoms with Crippen LogP contribution in [0.3, 0.4) is 0 Å². The average molecular weight is 334 g/mol. The van der Waals surface area contributed by atoms with Crippen molar-refractivity contribution in [3.05, 3.63) is 78.2 Å². The van der Waals surface area contributed by atoms with Crippen LogP contribution >= 0.6 is 0 Å². The Morgan fingerprint density at radius 3 is 2.40 bits per heavy atom. The van der Waals surface area contributed by atoms with Crippen LogP contribution < -0.4 is 0 Å². The molecule has 0 bridgehead atoms. The lowest BCUT2D eigenvalue weighted by atomic mass is 10.1. The molecule has 4 heteroatoms. The first-order chi connectivity index (χ1) is 12.3. The second kappa shape index (κ2) is 8.29. The van der Waals surface area contributed by atoms with Gasteiger partial charge < -0.3 is 9.32 Å². The summed E-state index contributed by atoms with van der Waals surface area (Å²) in [5, 5.41) is 0. The minimum Gasteiger partial charge on any atom is -0.444 e. The van der Waals surface area contributed by atoms with Gasteiger partial charge in [-0.1, -0.05) is 48.5 Å². The van der Waals surface area contributed by atoms with Crippen LogP contribution in [-0.2, 0) is 17.6 Å². The first-order valence-electron chi connectivity index (χ1n) is 8.58. The van der Waals surface area contributed by atoms with Gasteiger partial charge in [-0.2, -0.15) is 0 Å². The molecule has 0 unspecified atom stereocenters. The third-order valence-electron chi connectivity index (χ3n) is 4.15. The molecule has 1 heterocycles. The van der Waals surface area contributed by atoms with Crippen LogP contribution in [0.2, 0.25) is 0 Å². The fraction of sp³-hybridized carbons (Fsp3) is 0.238. The van der Waals surface area contributed by atoms with Gasteiger partial charge in [0.05, 0.1) is 12.1 Å². The number of benzene rings is 2. The van der Waals surface area contributed by atoms with E-state index in [1.807, 2.05) is 60.4 Å². The second-order valence-corrected chi connectivity index (χ2v) is 5.90. The minimum atomic E-state index is 0.0753. The molecular weight excluding hydrogens is 312 g/mol. The number of amides is 1. The molecule has 3 aromatic rings. The highest BCUT2D eigenvalue weighted by Crippen LogP contribution is 2.18. The average Bonchev–Trinajstić information content (AvgIpc) is 3.12. The Morgan fingerprint density at radius 1 is 1.04 bits per heavy atom. The Morgan fingerprint density at radius 2 is 1.72 bits per heavy atom. The van der Waals surface area contributed by atoms with E-state index in [-0.39, 0.29) is 12.3 Å². The van der Waals surface area contributed by atoms with Gasteiger partial charge in [-0.05, 0) is 31.0 Å². The van der Waals surface area contributed by atoms with Gasteiger partial charge in [0, 0.05) is 18.7 Å². The van der Waals surface area contributed by atoms with E-state index >= 15 is 0 Å². The third-order valence-corrected chi connectivity index (χ3v) is 4.15. The molecule has 25 heavy (non-hydrogen) atoms. The van der Waals surface area contributed by atoms with Crippen molar-refractivity contribution in [3.63, 3.8) is 0 Å². The maximum atomic E-state index is 12.6. The van der Waals surface area contributed by atoms with E-state index < -0.39 is 0 Å². The van der Waals surface area contributed by atoms with Crippen molar-refractivity contribution in [1.29, 1.82) is 0 Å². The zero-order valence-electron chi connectivity index (χ0n) is 14.4. The SMILES string of the molecule is CCN(CCc1ccccc1)C(=O)Cc1coc(-c2ccccc2)n1. The Hall–Kier alpha value is -2.88. The van der Waals surface area contributed by atoms with E-state index in [9.17, 15) is 4.79 Å². The summed E-state index contributed by atoms with van der Waals surface area (Å²) >= 11 is 0. The van der Waals surface area contributed by atoms with Crippen LogP contribution in [0.15, 0.2) is 71.3 Å².